The Morgan fingerprint density at radius 3 is 1.19 bits per heavy atom. The third-order valence-corrected chi connectivity index (χ3v) is 7.28. The van der Waals surface area contributed by atoms with Crippen LogP contribution in [0.25, 0.3) is 0 Å². The summed E-state index contributed by atoms with van der Waals surface area (Å²) in [6.07, 6.45) is 23.1. The van der Waals surface area contributed by atoms with Crippen molar-refractivity contribution in [1.29, 1.82) is 0 Å². The molecule has 0 aromatic carbocycles. The van der Waals surface area contributed by atoms with Gasteiger partial charge in [0.05, 0.1) is 12.8 Å². The molecule has 0 aromatic heterocycles. The number of amides is 3. The molecule has 0 aromatic rings. The molecule has 0 saturated heterocycles. The van der Waals surface area contributed by atoms with Crippen LogP contribution in [0, 0.1) is 0 Å². The van der Waals surface area contributed by atoms with Crippen LogP contribution in [0.5, 0.6) is 0 Å². The summed E-state index contributed by atoms with van der Waals surface area (Å²) >= 11 is 0. The maximum atomic E-state index is 13.0. The van der Waals surface area contributed by atoms with E-state index in [2.05, 4.69) is 13.8 Å². The number of primary amides is 2. The van der Waals surface area contributed by atoms with Gasteiger partial charge in [-0.3, -0.25) is 14.4 Å². The molecule has 7 heteroatoms. The average molecular weight is 526 g/mol. The van der Waals surface area contributed by atoms with Crippen LogP contribution in [0.1, 0.15) is 155 Å². The van der Waals surface area contributed by atoms with E-state index in [9.17, 15) is 19.5 Å². The summed E-state index contributed by atoms with van der Waals surface area (Å²) in [6.45, 7) is 5.66. The first-order valence-electron chi connectivity index (χ1n) is 15.3. The maximum absolute atomic E-state index is 13.0. The number of unbranched alkanes of at least 4 members (excludes halogenated alkanes) is 18. The third kappa shape index (κ3) is 20.1. The molecule has 0 aliphatic rings. The van der Waals surface area contributed by atoms with Gasteiger partial charge < -0.3 is 21.5 Å². The molecular formula is C30H59N3O4. The molecule has 0 heterocycles. The fraction of sp³-hybridized carbons (Fsp3) is 0.900. The number of nitrogens with two attached hydrogens (primary N) is 2. The summed E-state index contributed by atoms with van der Waals surface area (Å²) in [7, 11) is 0. The van der Waals surface area contributed by atoms with Gasteiger partial charge in [-0.15, -0.1) is 0 Å². The molecule has 1 unspecified atom stereocenters. The van der Waals surface area contributed by atoms with Crippen molar-refractivity contribution in [3.63, 3.8) is 0 Å². The lowest BCUT2D eigenvalue weighted by atomic mass is 9.93. The van der Waals surface area contributed by atoms with Crippen LogP contribution < -0.4 is 11.5 Å². The molecule has 0 fully saturated rings. The molecule has 7 nitrogen and oxygen atoms in total. The van der Waals surface area contributed by atoms with Crippen LogP contribution >= 0.6 is 0 Å². The van der Waals surface area contributed by atoms with Crippen LogP contribution in [0.4, 0.5) is 0 Å². The highest BCUT2D eigenvalue weighted by Crippen LogP contribution is 2.19. The first kappa shape index (κ1) is 35.4. The quantitative estimate of drug-likeness (QED) is 0.111. The number of rotatable bonds is 27. The van der Waals surface area contributed by atoms with Gasteiger partial charge in [0.15, 0.2) is 5.60 Å². The molecule has 0 saturated carbocycles. The Balaban J connectivity index is 4.52. The Morgan fingerprint density at radius 1 is 0.568 bits per heavy atom. The Morgan fingerprint density at radius 2 is 0.892 bits per heavy atom. The zero-order valence-electron chi connectivity index (χ0n) is 24.2. The van der Waals surface area contributed by atoms with Crippen LogP contribution in [-0.4, -0.2) is 46.4 Å². The minimum Gasteiger partial charge on any atom is -0.379 e. The second kappa shape index (κ2) is 23.5. The van der Waals surface area contributed by atoms with E-state index in [4.69, 9.17) is 11.5 Å². The molecular weight excluding hydrogens is 466 g/mol. The van der Waals surface area contributed by atoms with E-state index >= 15 is 0 Å². The van der Waals surface area contributed by atoms with Gasteiger partial charge in [-0.1, -0.05) is 129 Å². The van der Waals surface area contributed by atoms with Gasteiger partial charge in [-0.2, -0.15) is 0 Å². The fourth-order valence-electron chi connectivity index (χ4n) is 4.83. The molecule has 0 radical (unpaired) electrons. The highest BCUT2D eigenvalue weighted by atomic mass is 16.3. The summed E-state index contributed by atoms with van der Waals surface area (Å²) < 4.78 is 0. The first-order valence-corrected chi connectivity index (χ1v) is 15.3. The maximum Gasteiger partial charge on any atom is 0.250 e. The van der Waals surface area contributed by atoms with Crippen LogP contribution in [-0.2, 0) is 14.4 Å². The van der Waals surface area contributed by atoms with Gasteiger partial charge >= 0.3 is 0 Å². The van der Waals surface area contributed by atoms with E-state index in [1.807, 2.05) is 0 Å². The standard InChI is InChI=1S/C30H59N3O4/c1-3-5-7-9-11-13-15-17-19-21-23-33(24-22-20-18-16-14-12-10-8-6-4-2)28(35)26-30(37,29(32)36)25-27(31)34/h37H,3-26H2,1-2H3,(H2,31,34)(H2,32,36). The van der Waals surface area contributed by atoms with Crippen molar-refractivity contribution in [1.82, 2.24) is 4.90 Å². The largest absolute Gasteiger partial charge is 0.379 e. The van der Waals surface area contributed by atoms with Gasteiger partial charge in [-0.25, -0.2) is 0 Å². The highest BCUT2D eigenvalue weighted by Gasteiger charge is 2.39. The van der Waals surface area contributed by atoms with Gasteiger partial charge in [0.25, 0.3) is 0 Å². The van der Waals surface area contributed by atoms with E-state index in [0.29, 0.717) is 13.1 Å². The van der Waals surface area contributed by atoms with E-state index in [0.717, 1.165) is 38.5 Å². The molecule has 218 valence electrons. The Kier molecular flexibility index (Phi) is 22.4. The van der Waals surface area contributed by atoms with Crippen molar-refractivity contribution in [2.24, 2.45) is 11.5 Å². The van der Waals surface area contributed by atoms with Crippen molar-refractivity contribution in [2.45, 2.75) is 161 Å². The Bertz CT molecular complexity index is 575. The molecule has 0 bridgehead atoms. The SMILES string of the molecule is CCCCCCCCCCCCN(CCCCCCCCCCCC)C(=O)CC(O)(CC(N)=O)C(N)=O. The zero-order chi connectivity index (χ0) is 27.8. The topological polar surface area (TPSA) is 127 Å². The third-order valence-electron chi connectivity index (χ3n) is 7.28. The monoisotopic (exact) mass is 525 g/mol. The van der Waals surface area contributed by atoms with Gasteiger partial charge in [0, 0.05) is 13.1 Å². The Labute approximate surface area is 227 Å². The number of carbonyl (C=O) groups is 3. The molecule has 0 aliphatic carbocycles. The zero-order valence-corrected chi connectivity index (χ0v) is 24.2. The van der Waals surface area contributed by atoms with E-state index in [1.54, 1.807) is 4.90 Å². The first-order chi connectivity index (χ1) is 17.8. The molecule has 0 aliphatic heterocycles. The van der Waals surface area contributed by atoms with Gasteiger partial charge in [0.1, 0.15) is 0 Å². The number of carbonyl (C=O) groups excluding carboxylic acids is 3. The smallest absolute Gasteiger partial charge is 0.250 e. The van der Waals surface area contributed by atoms with Crippen molar-refractivity contribution in [2.75, 3.05) is 13.1 Å². The van der Waals surface area contributed by atoms with E-state index in [-0.39, 0.29) is 5.91 Å². The second-order valence-corrected chi connectivity index (χ2v) is 11.0. The summed E-state index contributed by atoms with van der Waals surface area (Å²) in [5.74, 6) is -2.28. The van der Waals surface area contributed by atoms with Crippen molar-refractivity contribution in [3.05, 3.63) is 0 Å². The molecule has 1 atom stereocenters. The normalized spacial score (nSPS) is 12.8. The van der Waals surface area contributed by atoms with Crippen LogP contribution in [0.2, 0.25) is 0 Å². The van der Waals surface area contributed by atoms with Gasteiger partial charge in [0.2, 0.25) is 17.7 Å². The summed E-state index contributed by atoms with van der Waals surface area (Å²) in [6, 6.07) is 0. The average Bonchev–Trinajstić information content (AvgIpc) is 2.84. The second-order valence-electron chi connectivity index (χ2n) is 11.0. The molecule has 37 heavy (non-hydrogen) atoms. The van der Waals surface area contributed by atoms with Crippen molar-refractivity contribution < 1.29 is 19.5 Å². The minimum absolute atomic E-state index is 0.339. The number of aliphatic hydroxyl groups is 1. The lowest BCUT2D eigenvalue weighted by Crippen LogP contribution is -2.50. The van der Waals surface area contributed by atoms with E-state index < -0.39 is 30.3 Å². The summed E-state index contributed by atoms with van der Waals surface area (Å²) in [5, 5.41) is 10.5. The number of hydrogen-bond donors (Lipinski definition) is 3. The lowest BCUT2D eigenvalue weighted by molar-refractivity contribution is -0.150. The number of hydrogen-bond acceptors (Lipinski definition) is 4. The van der Waals surface area contributed by atoms with Crippen LogP contribution in [0.15, 0.2) is 0 Å². The number of nitrogens with zero attached hydrogens (tertiary/aromatic N) is 1. The predicted molar refractivity (Wildman–Crippen MR) is 153 cm³/mol. The molecule has 3 amide bonds. The summed E-state index contributed by atoms with van der Waals surface area (Å²) in [4.78, 5) is 37.9. The van der Waals surface area contributed by atoms with E-state index in [1.165, 1.54) is 89.9 Å². The fourth-order valence-corrected chi connectivity index (χ4v) is 4.83. The molecule has 5 N–H and O–H groups in total. The highest BCUT2D eigenvalue weighted by molar-refractivity contribution is 5.94. The molecule has 0 rings (SSSR count). The van der Waals surface area contributed by atoms with Crippen LogP contribution in [0.3, 0.4) is 0 Å². The Hall–Kier alpha value is -1.63. The lowest BCUT2D eigenvalue weighted by Gasteiger charge is -2.28. The molecule has 0 spiro atoms. The van der Waals surface area contributed by atoms with Crippen molar-refractivity contribution in [3.8, 4) is 0 Å². The predicted octanol–water partition coefficient (Wildman–Crippen LogP) is 6.14. The van der Waals surface area contributed by atoms with Crippen molar-refractivity contribution >= 4 is 17.7 Å². The minimum atomic E-state index is -2.23. The van der Waals surface area contributed by atoms with Gasteiger partial charge in [-0.05, 0) is 12.8 Å². The summed E-state index contributed by atoms with van der Waals surface area (Å²) in [5.41, 5.74) is 8.27.